The molecule has 1 saturated carbocycles. The molecule has 0 spiro atoms. The number of ether oxygens (including phenoxy) is 1. The fourth-order valence-electron chi connectivity index (χ4n) is 3.54. The highest BCUT2D eigenvalue weighted by molar-refractivity contribution is 5.84. The summed E-state index contributed by atoms with van der Waals surface area (Å²) in [6.07, 6.45) is 6.81. The van der Waals surface area contributed by atoms with Crippen LogP contribution in [0.15, 0.2) is 24.3 Å². The molecule has 1 atom stereocenters. The van der Waals surface area contributed by atoms with E-state index in [9.17, 15) is 9.90 Å². The zero-order valence-electron chi connectivity index (χ0n) is 14.5. The van der Waals surface area contributed by atoms with E-state index in [0.717, 1.165) is 37.0 Å². The van der Waals surface area contributed by atoms with Crippen molar-refractivity contribution >= 4 is 5.91 Å². The summed E-state index contributed by atoms with van der Waals surface area (Å²) < 4.78 is 5.21. The van der Waals surface area contributed by atoms with Crippen molar-refractivity contribution in [1.29, 1.82) is 0 Å². The van der Waals surface area contributed by atoms with Gasteiger partial charge < -0.3 is 14.7 Å². The van der Waals surface area contributed by atoms with E-state index in [1.807, 2.05) is 24.3 Å². The fraction of sp³-hybridized carbons (Fsp3) is 0.632. The molecule has 0 saturated heterocycles. The Labute approximate surface area is 139 Å². The van der Waals surface area contributed by atoms with Crippen molar-refractivity contribution in [2.24, 2.45) is 0 Å². The van der Waals surface area contributed by atoms with Gasteiger partial charge in [0.2, 0.25) is 5.91 Å². The summed E-state index contributed by atoms with van der Waals surface area (Å²) >= 11 is 0. The van der Waals surface area contributed by atoms with Gasteiger partial charge in [0.15, 0.2) is 0 Å². The van der Waals surface area contributed by atoms with Crippen LogP contribution in [-0.2, 0) is 4.79 Å². The molecule has 0 bridgehead atoms. The number of benzene rings is 1. The molecule has 1 aromatic rings. The van der Waals surface area contributed by atoms with Crippen LogP contribution in [-0.4, -0.2) is 42.7 Å². The number of hydrogen-bond acceptors (Lipinski definition) is 3. The number of hydrogen-bond donors (Lipinski definition) is 1. The maximum Gasteiger partial charge on any atom is 0.232 e. The van der Waals surface area contributed by atoms with Gasteiger partial charge >= 0.3 is 0 Å². The van der Waals surface area contributed by atoms with Gasteiger partial charge in [0, 0.05) is 14.1 Å². The first-order valence-corrected chi connectivity index (χ1v) is 8.55. The summed E-state index contributed by atoms with van der Waals surface area (Å²) in [6, 6.07) is 7.53. The standard InChI is InChI=1S/C19H29NO3/c1-20(2)18(21)17(15-9-11-16(23-3)12-10-15)19(22)13-7-5-4-6-8-14-19/h9-12,17,22H,4-8,13-14H2,1-3H3. The molecule has 0 radical (unpaired) electrons. The van der Waals surface area contributed by atoms with E-state index in [-0.39, 0.29) is 5.91 Å². The fourth-order valence-corrected chi connectivity index (χ4v) is 3.54. The number of carbonyl (C=O) groups is 1. The second kappa shape index (κ2) is 7.82. The third kappa shape index (κ3) is 4.25. The van der Waals surface area contributed by atoms with Crippen molar-refractivity contribution in [3.63, 3.8) is 0 Å². The first-order valence-electron chi connectivity index (χ1n) is 8.55. The lowest BCUT2D eigenvalue weighted by Crippen LogP contribution is -2.45. The van der Waals surface area contributed by atoms with Gasteiger partial charge in [-0.05, 0) is 30.5 Å². The van der Waals surface area contributed by atoms with Crippen molar-refractivity contribution in [3.05, 3.63) is 29.8 Å². The summed E-state index contributed by atoms with van der Waals surface area (Å²) in [4.78, 5) is 14.4. The number of aliphatic hydroxyl groups is 1. The highest BCUT2D eigenvalue weighted by Gasteiger charge is 2.42. The van der Waals surface area contributed by atoms with Gasteiger partial charge in [0.05, 0.1) is 18.6 Å². The van der Waals surface area contributed by atoms with Gasteiger partial charge in [-0.3, -0.25) is 4.79 Å². The first-order chi connectivity index (χ1) is 11.0. The molecule has 4 nitrogen and oxygen atoms in total. The predicted molar refractivity (Wildman–Crippen MR) is 91.7 cm³/mol. The maximum atomic E-state index is 12.8. The average molecular weight is 319 g/mol. The molecule has 1 amide bonds. The van der Waals surface area contributed by atoms with Crippen LogP contribution in [0, 0.1) is 0 Å². The van der Waals surface area contributed by atoms with Crippen molar-refractivity contribution in [2.45, 2.75) is 56.5 Å². The van der Waals surface area contributed by atoms with Crippen molar-refractivity contribution < 1.29 is 14.6 Å². The van der Waals surface area contributed by atoms with Gasteiger partial charge in [-0.2, -0.15) is 0 Å². The lowest BCUT2D eigenvalue weighted by atomic mass is 9.73. The van der Waals surface area contributed by atoms with Crippen LogP contribution >= 0.6 is 0 Å². The first kappa shape index (κ1) is 17.8. The quantitative estimate of drug-likeness (QED) is 0.926. The van der Waals surface area contributed by atoms with E-state index in [2.05, 4.69) is 0 Å². The smallest absolute Gasteiger partial charge is 0.232 e. The summed E-state index contributed by atoms with van der Waals surface area (Å²) in [5.74, 6) is 0.217. The third-order valence-electron chi connectivity index (χ3n) is 4.89. The van der Waals surface area contributed by atoms with E-state index in [0.29, 0.717) is 12.8 Å². The van der Waals surface area contributed by atoms with Crippen molar-refractivity contribution in [3.8, 4) is 5.75 Å². The molecule has 1 aromatic carbocycles. The summed E-state index contributed by atoms with van der Waals surface area (Å²) in [5, 5.41) is 11.4. The van der Waals surface area contributed by atoms with E-state index >= 15 is 0 Å². The van der Waals surface area contributed by atoms with Crippen LogP contribution in [0.1, 0.15) is 56.4 Å². The number of likely N-dealkylation sites (N-methyl/N-ethyl adjacent to an activating group) is 1. The lowest BCUT2D eigenvalue weighted by Gasteiger charge is -2.38. The number of amides is 1. The van der Waals surface area contributed by atoms with Gasteiger partial charge in [0.1, 0.15) is 5.75 Å². The maximum absolute atomic E-state index is 12.8. The van der Waals surface area contributed by atoms with Crippen LogP contribution < -0.4 is 4.74 Å². The normalized spacial score (nSPS) is 19.3. The van der Waals surface area contributed by atoms with Crippen LogP contribution in [0.5, 0.6) is 5.75 Å². The minimum atomic E-state index is -0.962. The lowest BCUT2D eigenvalue weighted by molar-refractivity contribution is -0.138. The molecular formula is C19H29NO3. The van der Waals surface area contributed by atoms with Crippen molar-refractivity contribution in [2.75, 3.05) is 21.2 Å². The molecule has 1 unspecified atom stereocenters. The minimum Gasteiger partial charge on any atom is -0.497 e. The molecule has 0 heterocycles. The summed E-state index contributed by atoms with van der Waals surface area (Å²) in [7, 11) is 5.13. The average Bonchev–Trinajstić information content (AvgIpc) is 2.52. The van der Waals surface area contributed by atoms with Gasteiger partial charge in [-0.1, -0.05) is 44.2 Å². The highest BCUT2D eigenvalue weighted by atomic mass is 16.5. The Balaban J connectivity index is 2.36. The molecule has 1 fully saturated rings. The van der Waals surface area contributed by atoms with E-state index in [4.69, 9.17) is 4.74 Å². The monoisotopic (exact) mass is 319 g/mol. The van der Waals surface area contributed by atoms with Crippen LogP contribution in [0.3, 0.4) is 0 Å². The topological polar surface area (TPSA) is 49.8 Å². The SMILES string of the molecule is COc1ccc(C(C(=O)N(C)C)C2(O)CCCCCCC2)cc1. The van der Waals surface area contributed by atoms with E-state index in [1.54, 1.807) is 26.1 Å². The second-order valence-electron chi connectivity index (χ2n) is 6.81. The molecule has 0 aliphatic heterocycles. The Bertz CT molecular complexity index is 502. The van der Waals surface area contributed by atoms with Crippen LogP contribution in [0.4, 0.5) is 0 Å². The predicted octanol–water partition coefficient (Wildman–Crippen LogP) is 3.34. The highest BCUT2D eigenvalue weighted by Crippen LogP contribution is 2.39. The Hall–Kier alpha value is -1.55. The number of rotatable bonds is 4. The molecule has 0 aromatic heterocycles. The van der Waals surface area contributed by atoms with Crippen LogP contribution in [0.25, 0.3) is 0 Å². The molecule has 2 rings (SSSR count). The summed E-state index contributed by atoms with van der Waals surface area (Å²) in [5.41, 5.74) is -0.0938. The van der Waals surface area contributed by atoms with Crippen molar-refractivity contribution in [1.82, 2.24) is 4.90 Å². The second-order valence-corrected chi connectivity index (χ2v) is 6.81. The largest absolute Gasteiger partial charge is 0.497 e. The van der Waals surface area contributed by atoms with E-state index < -0.39 is 11.5 Å². The molecule has 1 aliphatic rings. The van der Waals surface area contributed by atoms with Crippen LogP contribution in [0.2, 0.25) is 0 Å². The number of carbonyl (C=O) groups excluding carboxylic acids is 1. The third-order valence-corrected chi connectivity index (χ3v) is 4.89. The number of nitrogens with zero attached hydrogens (tertiary/aromatic N) is 1. The van der Waals surface area contributed by atoms with E-state index in [1.165, 1.54) is 6.42 Å². The number of methoxy groups -OCH3 is 1. The minimum absolute atomic E-state index is 0.0294. The Kier molecular flexibility index (Phi) is 6.05. The Morgan fingerprint density at radius 2 is 1.61 bits per heavy atom. The molecule has 1 N–H and O–H groups in total. The molecule has 1 aliphatic carbocycles. The van der Waals surface area contributed by atoms with Gasteiger partial charge in [0.25, 0.3) is 0 Å². The zero-order chi connectivity index (χ0) is 16.9. The zero-order valence-corrected chi connectivity index (χ0v) is 14.5. The van der Waals surface area contributed by atoms with Gasteiger partial charge in [-0.15, -0.1) is 0 Å². The molecule has 128 valence electrons. The summed E-state index contributed by atoms with van der Waals surface area (Å²) in [6.45, 7) is 0. The Morgan fingerprint density at radius 1 is 1.09 bits per heavy atom. The molecule has 23 heavy (non-hydrogen) atoms. The molecular weight excluding hydrogens is 290 g/mol. The van der Waals surface area contributed by atoms with Gasteiger partial charge in [-0.25, -0.2) is 0 Å². The molecule has 4 heteroatoms. The Morgan fingerprint density at radius 3 is 2.09 bits per heavy atom.